The number of aromatic nitrogens is 1. The third-order valence-electron chi connectivity index (χ3n) is 2.14. The molecular weight excluding hydrogens is 262 g/mol. The molecule has 3 nitrogen and oxygen atoms in total. The van der Waals surface area contributed by atoms with Gasteiger partial charge in [-0.3, -0.25) is 4.79 Å². The molecule has 1 amide bonds. The van der Waals surface area contributed by atoms with E-state index in [4.69, 9.17) is 11.6 Å². The van der Waals surface area contributed by atoms with Crippen LogP contribution in [0.4, 0.5) is 14.6 Å². The second-order valence-corrected chi connectivity index (χ2v) is 3.84. The van der Waals surface area contributed by atoms with Crippen molar-refractivity contribution in [3.63, 3.8) is 0 Å². The van der Waals surface area contributed by atoms with E-state index in [9.17, 15) is 13.6 Å². The second-order valence-electron chi connectivity index (χ2n) is 3.43. The summed E-state index contributed by atoms with van der Waals surface area (Å²) in [5, 5.41) is 2.27. The Balaban J connectivity index is 2.19. The van der Waals surface area contributed by atoms with Gasteiger partial charge in [-0.25, -0.2) is 9.37 Å². The lowest BCUT2D eigenvalue weighted by Gasteiger charge is -2.04. The SMILES string of the molecule is O=C(Nc1cccc(F)n1)c1ccc(Cl)c(F)c1. The molecule has 0 spiro atoms. The smallest absolute Gasteiger partial charge is 0.256 e. The molecule has 0 radical (unpaired) electrons. The average molecular weight is 269 g/mol. The van der Waals surface area contributed by atoms with E-state index >= 15 is 0 Å². The first-order valence-electron chi connectivity index (χ1n) is 4.95. The number of hydrogen-bond acceptors (Lipinski definition) is 2. The van der Waals surface area contributed by atoms with E-state index in [1.807, 2.05) is 0 Å². The summed E-state index contributed by atoms with van der Waals surface area (Å²) < 4.78 is 26.0. The molecular formula is C12H7ClF2N2O. The standard InChI is InChI=1S/C12H7ClF2N2O/c13-8-5-4-7(6-9(8)14)12(18)17-11-3-1-2-10(15)16-11/h1-6H,(H,16,17,18). The van der Waals surface area contributed by atoms with Gasteiger partial charge < -0.3 is 5.32 Å². The van der Waals surface area contributed by atoms with E-state index in [2.05, 4.69) is 10.3 Å². The Bertz CT molecular complexity index is 604. The van der Waals surface area contributed by atoms with Crippen LogP contribution in [0.5, 0.6) is 0 Å². The predicted molar refractivity (Wildman–Crippen MR) is 63.6 cm³/mol. The second kappa shape index (κ2) is 5.10. The molecule has 6 heteroatoms. The van der Waals surface area contributed by atoms with Crippen LogP contribution in [0.2, 0.25) is 5.02 Å². The summed E-state index contributed by atoms with van der Waals surface area (Å²) >= 11 is 5.50. The van der Waals surface area contributed by atoms with Gasteiger partial charge in [0.1, 0.15) is 11.6 Å². The lowest BCUT2D eigenvalue weighted by Crippen LogP contribution is -2.13. The molecule has 1 aromatic carbocycles. The van der Waals surface area contributed by atoms with Gasteiger partial charge in [0.15, 0.2) is 0 Å². The van der Waals surface area contributed by atoms with E-state index in [0.717, 1.165) is 12.1 Å². The number of pyridine rings is 1. The minimum absolute atomic E-state index is 0.0513. The molecule has 18 heavy (non-hydrogen) atoms. The Morgan fingerprint density at radius 1 is 1.22 bits per heavy atom. The van der Waals surface area contributed by atoms with Crippen LogP contribution in [0.15, 0.2) is 36.4 Å². The van der Waals surface area contributed by atoms with Crippen LogP contribution < -0.4 is 5.32 Å². The number of hydrogen-bond donors (Lipinski definition) is 1. The minimum Gasteiger partial charge on any atom is -0.306 e. The van der Waals surface area contributed by atoms with Crippen molar-refractivity contribution in [2.24, 2.45) is 0 Å². The summed E-state index contributed by atoms with van der Waals surface area (Å²) in [6.45, 7) is 0. The first kappa shape index (κ1) is 12.4. The van der Waals surface area contributed by atoms with Gasteiger partial charge in [0, 0.05) is 5.56 Å². The Kier molecular flexibility index (Phi) is 3.53. The van der Waals surface area contributed by atoms with Crippen LogP contribution in [0.1, 0.15) is 10.4 Å². The van der Waals surface area contributed by atoms with Crippen molar-refractivity contribution in [3.05, 3.63) is 58.7 Å². The average Bonchev–Trinajstić information content (AvgIpc) is 2.32. The fraction of sp³-hybridized carbons (Fsp3) is 0. The van der Waals surface area contributed by atoms with Crippen molar-refractivity contribution in [2.45, 2.75) is 0 Å². The molecule has 2 rings (SSSR count). The molecule has 0 unspecified atom stereocenters. The maximum absolute atomic E-state index is 13.2. The van der Waals surface area contributed by atoms with E-state index in [1.165, 1.54) is 24.3 Å². The topological polar surface area (TPSA) is 42.0 Å². The zero-order valence-electron chi connectivity index (χ0n) is 8.95. The summed E-state index contributed by atoms with van der Waals surface area (Å²) in [5.74, 6) is -1.95. The highest BCUT2D eigenvalue weighted by molar-refractivity contribution is 6.30. The number of anilines is 1. The minimum atomic E-state index is -0.713. The zero-order chi connectivity index (χ0) is 13.1. The normalized spacial score (nSPS) is 10.2. The summed E-state index contributed by atoms with van der Waals surface area (Å²) in [7, 11) is 0. The van der Waals surface area contributed by atoms with Gasteiger partial charge >= 0.3 is 0 Å². The number of benzene rings is 1. The third-order valence-corrected chi connectivity index (χ3v) is 2.45. The molecule has 0 atom stereocenters. The molecule has 92 valence electrons. The van der Waals surface area contributed by atoms with Gasteiger partial charge in [-0.15, -0.1) is 0 Å². The molecule has 1 heterocycles. The van der Waals surface area contributed by atoms with Crippen LogP contribution >= 0.6 is 11.6 Å². The van der Waals surface area contributed by atoms with Gasteiger partial charge in [0.05, 0.1) is 5.02 Å². The highest BCUT2D eigenvalue weighted by Gasteiger charge is 2.10. The van der Waals surface area contributed by atoms with Crippen molar-refractivity contribution in [3.8, 4) is 0 Å². The van der Waals surface area contributed by atoms with Gasteiger partial charge in [-0.2, -0.15) is 4.39 Å². The largest absolute Gasteiger partial charge is 0.306 e. The molecule has 0 bridgehead atoms. The summed E-state index contributed by atoms with van der Waals surface area (Å²) in [5.41, 5.74) is 0.0722. The number of carbonyl (C=O) groups excluding carboxylic acids is 1. The fourth-order valence-corrected chi connectivity index (χ4v) is 1.42. The maximum atomic E-state index is 13.2. The van der Waals surface area contributed by atoms with Crippen LogP contribution in [0.25, 0.3) is 0 Å². The quantitative estimate of drug-likeness (QED) is 0.850. The highest BCUT2D eigenvalue weighted by atomic mass is 35.5. The van der Waals surface area contributed by atoms with E-state index in [-0.39, 0.29) is 16.4 Å². The monoisotopic (exact) mass is 268 g/mol. The van der Waals surface area contributed by atoms with Crippen LogP contribution in [0, 0.1) is 11.8 Å². The van der Waals surface area contributed by atoms with Crippen molar-refractivity contribution >= 4 is 23.3 Å². The van der Waals surface area contributed by atoms with Gasteiger partial charge in [-0.1, -0.05) is 17.7 Å². The van der Waals surface area contributed by atoms with Crippen molar-refractivity contribution in [1.82, 2.24) is 4.98 Å². The number of rotatable bonds is 2. The van der Waals surface area contributed by atoms with E-state index < -0.39 is 17.7 Å². The van der Waals surface area contributed by atoms with Crippen LogP contribution in [-0.2, 0) is 0 Å². The van der Waals surface area contributed by atoms with Crippen LogP contribution in [-0.4, -0.2) is 10.9 Å². The molecule has 1 aromatic heterocycles. The molecule has 0 fully saturated rings. The number of nitrogens with one attached hydrogen (secondary N) is 1. The lowest BCUT2D eigenvalue weighted by molar-refractivity contribution is 0.102. The predicted octanol–water partition coefficient (Wildman–Crippen LogP) is 3.27. The summed E-state index contributed by atoms with van der Waals surface area (Å²) in [6, 6.07) is 7.60. The zero-order valence-corrected chi connectivity index (χ0v) is 9.71. The third kappa shape index (κ3) is 2.81. The first-order chi connectivity index (χ1) is 8.56. The number of halogens is 3. The number of carbonyl (C=O) groups is 1. The molecule has 0 aliphatic rings. The maximum Gasteiger partial charge on any atom is 0.256 e. The van der Waals surface area contributed by atoms with E-state index in [1.54, 1.807) is 0 Å². The van der Waals surface area contributed by atoms with Crippen molar-refractivity contribution in [1.29, 1.82) is 0 Å². The molecule has 0 aliphatic heterocycles. The summed E-state index contributed by atoms with van der Waals surface area (Å²) in [4.78, 5) is 15.2. The van der Waals surface area contributed by atoms with Crippen molar-refractivity contribution < 1.29 is 13.6 Å². The fourth-order valence-electron chi connectivity index (χ4n) is 1.30. The molecule has 2 aromatic rings. The van der Waals surface area contributed by atoms with Gasteiger partial charge in [-0.05, 0) is 30.3 Å². The van der Waals surface area contributed by atoms with Crippen molar-refractivity contribution in [2.75, 3.05) is 5.32 Å². The van der Waals surface area contributed by atoms with Gasteiger partial charge in [0.25, 0.3) is 5.91 Å². The van der Waals surface area contributed by atoms with Gasteiger partial charge in [0.2, 0.25) is 5.95 Å². The molecule has 1 N–H and O–H groups in total. The number of nitrogens with zero attached hydrogens (tertiary/aromatic N) is 1. The summed E-state index contributed by atoms with van der Waals surface area (Å²) in [6.07, 6.45) is 0. The molecule has 0 aliphatic carbocycles. The molecule has 0 saturated carbocycles. The Morgan fingerprint density at radius 3 is 2.67 bits per heavy atom. The van der Waals surface area contributed by atoms with E-state index in [0.29, 0.717) is 0 Å². The Labute approximate surface area is 106 Å². The van der Waals surface area contributed by atoms with Crippen LogP contribution in [0.3, 0.4) is 0 Å². The Hall–Kier alpha value is -2.01. The Morgan fingerprint density at radius 2 is 2.00 bits per heavy atom. The lowest BCUT2D eigenvalue weighted by atomic mass is 10.2. The first-order valence-corrected chi connectivity index (χ1v) is 5.33. The highest BCUT2D eigenvalue weighted by Crippen LogP contribution is 2.16. The molecule has 0 saturated heterocycles. The number of amides is 1.